The number of ether oxygens (including phenoxy) is 2. The van der Waals surface area contributed by atoms with E-state index in [2.05, 4.69) is 0 Å². The van der Waals surface area contributed by atoms with Gasteiger partial charge in [0.15, 0.2) is 11.5 Å². The molecule has 0 amide bonds. The second kappa shape index (κ2) is 6.70. The molecule has 1 N–H and O–H groups in total. The second-order valence-electron chi connectivity index (χ2n) is 4.98. The van der Waals surface area contributed by atoms with Crippen molar-refractivity contribution >= 4 is 0 Å². The van der Waals surface area contributed by atoms with E-state index in [0.29, 0.717) is 0 Å². The summed E-state index contributed by atoms with van der Waals surface area (Å²) in [6.45, 7) is -15.3. The van der Waals surface area contributed by atoms with Crippen LogP contribution in [-0.4, -0.2) is 43.3 Å². The van der Waals surface area contributed by atoms with Crippen molar-refractivity contribution in [3.05, 3.63) is 23.2 Å². The first kappa shape index (κ1) is 5.37. The van der Waals surface area contributed by atoms with Crippen LogP contribution in [0.2, 0.25) is 0 Å². The fraction of sp³-hybridized carbons (Fsp3) is 0.684. The molecule has 3 unspecified atom stereocenters. The molecular formula is C19H29NO3. The van der Waals surface area contributed by atoms with Crippen LogP contribution in [0.1, 0.15) is 68.3 Å². The number of aliphatic hydroxyl groups excluding tert-OH is 1. The smallest absolute Gasteiger partial charge is 0.161 e. The van der Waals surface area contributed by atoms with Gasteiger partial charge in [0.25, 0.3) is 0 Å². The summed E-state index contributed by atoms with van der Waals surface area (Å²) in [5, 5.41) is 11.2. The predicted molar refractivity (Wildman–Crippen MR) is 91.1 cm³/mol. The van der Waals surface area contributed by atoms with E-state index < -0.39 is 105 Å². The van der Waals surface area contributed by atoms with Crippen LogP contribution in [0.15, 0.2) is 12.1 Å². The Bertz CT molecular complexity index is 1210. The van der Waals surface area contributed by atoms with E-state index in [0.717, 1.165) is 14.2 Å². The lowest BCUT2D eigenvalue weighted by molar-refractivity contribution is -0.0191. The monoisotopic (exact) mass is 337 g/mol. The fourth-order valence-electron chi connectivity index (χ4n) is 2.48. The van der Waals surface area contributed by atoms with E-state index in [1.54, 1.807) is 0 Å². The number of fused-ring (bicyclic) bond motifs is 3. The number of rotatable bonds is 4. The molecule has 2 aliphatic heterocycles. The Kier molecular flexibility index (Phi) is 1.56. The Morgan fingerprint density at radius 2 is 2.26 bits per heavy atom. The quantitative estimate of drug-likeness (QED) is 0.917. The Labute approximate surface area is 164 Å². The van der Waals surface area contributed by atoms with Crippen molar-refractivity contribution in [3.8, 4) is 11.5 Å². The maximum Gasteiger partial charge on any atom is 0.161 e. The summed E-state index contributed by atoms with van der Waals surface area (Å²) < 4.78 is 161. The van der Waals surface area contributed by atoms with Gasteiger partial charge in [-0.3, -0.25) is 4.90 Å². The molecule has 1 aromatic rings. The largest absolute Gasteiger partial charge is 0.493 e. The van der Waals surface area contributed by atoms with Crippen molar-refractivity contribution in [1.29, 1.82) is 0 Å². The van der Waals surface area contributed by atoms with Gasteiger partial charge in [-0.2, -0.15) is 0 Å². The number of hydrogen-bond donors (Lipinski definition) is 1. The first-order valence-corrected chi connectivity index (χ1v) is 6.83. The summed E-state index contributed by atoms with van der Waals surface area (Å²) in [5.41, 5.74) is -1.69. The third-order valence-electron chi connectivity index (χ3n) is 3.55. The molecule has 1 fully saturated rings. The maximum atomic E-state index is 11.2. The lowest BCUT2D eigenvalue weighted by Gasteiger charge is -2.46. The lowest BCUT2D eigenvalue weighted by atomic mass is 9.79. The molecule has 0 aromatic heterocycles. The van der Waals surface area contributed by atoms with E-state index in [-0.39, 0.29) is 4.90 Å². The molecule has 0 spiro atoms. The molecule has 0 aliphatic carbocycles. The Morgan fingerprint density at radius 3 is 2.96 bits per heavy atom. The highest BCUT2D eigenvalue weighted by Crippen LogP contribution is 2.43. The molecule has 2 aliphatic rings. The number of piperidine rings is 1. The molecule has 4 heteroatoms. The van der Waals surface area contributed by atoms with Crippen LogP contribution in [0.4, 0.5) is 0 Å². The number of benzene rings is 1. The zero-order chi connectivity index (χ0) is 32.3. The van der Waals surface area contributed by atoms with Crippen LogP contribution in [0, 0.1) is 11.8 Å². The van der Waals surface area contributed by atoms with E-state index in [4.69, 9.17) is 32.8 Å². The maximum absolute atomic E-state index is 11.2. The number of methoxy groups -OCH3 is 2. The minimum atomic E-state index is -4.08. The third-order valence-corrected chi connectivity index (χ3v) is 3.55. The minimum Gasteiger partial charge on any atom is -0.493 e. The summed E-state index contributed by atoms with van der Waals surface area (Å²) >= 11 is 0. The lowest BCUT2D eigenvalue weighted by Crippen LogP contribution is -2.48. The average molecular weight is 338 g/mol. The summed E-state index contributed by atoms with van der Waals surface area (Å²) in [6, 6.07) is -4.62. The van der Waals surface area contributed by atoms with Crippen molar-refractivity contribution in [2.45, 2.75) is 45.0 Å². The van der Waals surface area contributed by atoms with Gasteiger partial charge in [0.05, 0.1) is 24.4 Å². The minimum absolute atomic E-state index is 0.118. The molecule has 0 radical (unpaired) electrons. The van der Waals surface area contributed by atoms with E-state index >= 15 is 0 Å². The SMILES string of the molecule is [2H]c1c(OC)c(OC)c([2H])c2c1C1([2H])CC(O)C(C([2H])([2H])C([2H])(C([2H])([2H])[2H])C([2H])([2H])[2H])C([2H])([2H])N1C([2H])([2H])C2([2H])[2H]. The van der Waals surface area contributed by atoms with Crippen LogP contribution in [-0.2, 0) is 6.37 Å². The highest BCUT2D eigenvalue weighted by molar-refractivity contribution is 5.49. The topological polar surface area (TPSA) is 41.9 Å². The van der Waals surface area contributed by atoms with Crippen molar-refractivity contribution in [1.82, 2.24) is 4.90 Å². The predicted octanol–water partition coefficient (Wildman–Crippen LogP) is 3.03. The van der Waals surface area contributed by atoms with Crippen LogP contribution < -0.4 is 9.47 Å². The van der Waals surface area contributed by atoms with Gasteiger partial charge in [-0.05, 0) is 54.2 Å². The van der Waals surface area contributed by atoms with E-state index in [1.807, 2.05) is 0 Å². The molecular weight excluding hydrogens is 290 g/mol. The average Bonchev–Trinajstić information content (AvgIpc) is 2.74. The normalized spacial score (nSPS) is 50.9. The Balaban J connectivity index is 2.48. The highest BCUT2D eigenvalue weighted by atomic mass is 16.5. The number of hydrogen-bond acceptors (Lipinski definition) is 4. The standard InChI is InChI=1S/C19H29NO3/c1-12(2)7-14-11-20-6-5-13-8-18(22-3)19(23-4)9-15(13)16(20)10-17(14)21/h8-9,12,14,16-17,21H,5-7,10-11H2,1-4H3/i1D3,2D3,5D2,6D2,7D2,8D,9D,11D2,12D,16D. The zero-order valence-corrected chi connectivity index (χ0v) is 12.6. The van der Waals surface area contributed by atoms with Crippen molar-refractivity contribution < 1.29 is 39.3 Å². The Hall–Kier alpha value is -1.26. The number of aliphatic hydroxyl groups is 1. The van der Waals surface area contributed by atoms with Crippen molar-refractivity contribution in [2.24, 2.45) is 11.8 Å². The summed E-state index contributed by atoms with van der Waals surface area (Å²) in [6.07, 6.45) is -11.1. The third kappa shape index (κ3) is 3.20. The highest BCUT2D eigenvalue weighted by Gasteiger charge is 2.38. The molecule has 1 aromatic carbocycles. The molecule has 0 saturated carbocycles. The summed E-state index contributed by atoms with van der Waals surface area (Å²) in [5.74, 6) is -7.91. The van der Waals surface area contributed by atoms with Crippen LogP contribution in [0.25, 0.3) is 0 Å². The first-order chi connectivity index (χ1) is 18.1. The van der Waals surface area contributed by atoms with Gasteiger partial charge in [-0.25, -0.2) is 0 Å². The summed E-state index contributed by atoms with van der Waals surface area (Å²) in [4.78, 5) is -0.118. The molecule has 23 heavy (non-hydrogen) atoms. The van der Waals surface area contributed by atoms with Gasteiger partial charge < -0.3 is 14.6 Å². The van der Waals surface area contributed by atoms with Gasteiger partial charge >= 0.3 is 0 Å². The van der Waals surface area contributed by atoms with Gasteiger partial charge in [0, 0.05) is 39.6 Å². The molecule has 2 heterocycles. The molecule has 4 nitrogen and oxygen atoms in total. The van der Waals surface area contributed by atoms with Crippen LogP contribution in [0.5, 0.6) is 11.5 Å². The van der Waals surface area contributed by atoms with E-state index in [9.17, 15) is 6.48 Å². The Morgan fingerprint density at radius 1 is 1.52 bits per heavy atom. The van der Waals surface area contributed by atoms with Gasteiger partial charge in [0.1, 0.15) is 0 Å². The first-order valence-electron chi connectivity index (χ1n) is 15.8. The zero-order valence-electron chi connectivity index (χ0n) is 30.6. The summed E-state index contributed by atoms with van der Waals surface area (Å²) in [7, 11) is 2.13. The van der Waals surface area contributed by atoms with Gasteiger partial charge in [-0.1, -0.05) is 13.7 Å². The van der Waals surface area contributed by atoms with Gasteiger partial charge in [0.2, 0.25) is 0 Å². The van der Waals surface area contributed by atoms with E-state index in [1.165, 1.54) is 0 Å². The fourth-order valence-corrected chi connectivity index (χ4v) is 2.48. The molecule has 3 atom stereocenters. The molecule has 0 bridgehead atoms. The molecule has 3 rings (SSSR count). The van der Waals surface area contributed by atoms with Crippen molar-refractivity contribution in [2.75, 3.05) is 27.2 Å². The van der Waals surface area contributed by atoms with Crippen LogP contribution in [0.3, 0.4) is 0 Å². The second-order valence-corrected chi connectivity index (χ2v) is 4.98. The van der Waals surface area contributed by atoms with Crippen LogP contribution >= 0.6 is 0 Å². The molecule has 1 saturated heterocycles. The van der Waals surface area contributed by atoms with Crippen molar-refractivity contribution in [3.63, 3.8) is 0 Å². The van der Waals surface area contributed by atoms with Gasteiger partial charge in [-0.15, -0.1) is 0 Å². The molecule has 128 valence electrons. The number of nitrogens with zero attached hydrogens (tertiary/aromatic N) is 1.